The average molecular weight is 308 g/mol. The van der Waals surface area contributed by atoms with Gasteiger partial charge in [0.1, 0.15) is 0 Å². The molecule has 0 aliphatic carbocycles. The van der Waals surface area contributed by atoms with Crippen molar-refractivity contribution in [3.05, 3.63) is 34.9 Å². The molecule has 2 rings (SSSR count). The minimum Gasteiger partial charge on any atom is -0.336 e. The van der Waals surface area contributed by atoms with Crippen molar-refractivity contribution in [2.45, 2.75) is 19.9 Å². The van der Waals surface area contributed by atoms with E-state index in [0.29, 0.717) is 5.69 Å². The second-order valence-electron chi connectivity index (χ2n) is 4.28. The van der Waals surface area contributed by atoms with E-state index in [1.807, 2.05) is 38.1 Å². The van der Waals surface area contributed by atoms with Crippen LogP contribution in [0.2, 0.25) is 0 Å². The van der Waals surface area contributed by atoms with Crippen LogP contribution in [0.25, 0.3) is 10.9 Å². The number of amides is 2. The van der Waals surface area contributed by atoms with Crippen LogP contribution in [0.1, 0.15) is 13.8 Å². The molecule has 0 aliphatic heterocycles. The van der Waals surface area contributed by atoms with Crippen molar-refractivity contribution in [3.8, 4) is 0 Å². The number of halogens is 1. The summed E-state index contributed by atoms with van der Waals surface area (Å²) in [5.41, 5.74) is 1.48. The number of nitrogens with one attached hydrogen (secondary N) is 2. The summed E-state index contributed by atoms with van der Waals surface area (Å²) in [6, 6.07) is 7.53. The van der Waals surface area contributed by atoms with Crippen molar-refractivity contribution in [2.75, 3.05) is 5.32 Å². The molecule has 0 saturated carbocycles. The van der Waals surface area contributed by atoms with Crippen LogP contribution in [0.4, 0.5) is 10.5 Å². The first-order valence-electron chi connectivity index (χ1n) is 5.68. The normalized spacial score (nSPS) is 10.7. The number of hydrogen-bond donors (Lipinski definition) is 2. The first-order chi connectivity index (χ1) is 8.56. The average Bonchev–Trinajstić information content (AvgIpc) is 2.27. The molecule has 2 N–H and O–H groups in total. The van der Waals surface area contributed by atoms with E-state index in [4.69, 9.17) is 0 Å². The zero-order valence-electron chi connectivity index (χ0n) is 10.2. The van der Waals surface area contributed by atoms with E-state index in [1.165, 1.54) is 0 Å². The fourth-order valence-electron chi connectivity index (χ4n) is 1.66. The molecule has 5 heteroatoms. The lowest BCUT2D eigenvalue weighted by Gasteiger charge is -2.11. The molecule has 94 valence electrons. The number of nitrogens with zero attached hydrogens (tertiary/aromatic N) is 1. The number of pyridine rings is 1. The predicted octanol–water partition coefficient (Wildman–Crippen LogP) is 3.53. The lowest BCUT2D eigenvalue weighted by molar-refractivity contribution is 0.250. The number of anilines is 1. The van der Waals surface area contributed by atoms with Gasteiger partial charge in [0.15, 0.2) is 0 Å². The number of aromatic nitrogens is 1. The maximum atomic E-state index is 11.7. The standard InChI is InChI=1S/C13H14BrN3O/c1-8(2)16-13(18)17-11-5-3-4-9-6-10(14)7-15-12(9)11/h3-8H,1-2H3,(H2,16,17,18). The molecule has 1 heterocycles. The predicted molar refractivity (Wildman–Crippen MR) is 76.7 cm³/mol. The van der Waals surface area contributed by atoms with Gasteiger partial charge in [-0.1, -0.05) is 12.1 Å². The fourth-order valence-corrected chi connectivity index (χ4v) is 2.00. The Morgan fingerprint density at radius 3 is 2.89 bits per heavy atom. The molecule has 0 aliphatic rings. The number of benzene rings is 1. The van der Waals surface area contributed by atoms with E-state index in [1.54, 1.807) is 6.20 Å². The number of hydrogen-bond acceptors (Lipinski definition) is 2. The molecule has 0 fully saturated rings. The first-order valence-corrected chi connectivity index (χ1v) is 6.47. The summed E-state index contributed by atoms with van der Waals surface area (Å²) in [7, 11) is 0. The molecule has 0 atom stereocenters. The minimum atomic E-state index is -0.220. The number of fused-ring (bicyclic) bond motifs is 1. The van der Waals surface area contributed by atoms with E-state index in [9.17, 15) is 4.79 Å². The Kier molecular flexibility index (Phi) is 3.81. The van der Waals surface area contributed by atoms with Gasteiger partial charge in [0, 0.05) is 22.1 Å². The fraction of sp³-hybridized carbons (Fsp3) is 0.231. The monoisotopic (exact) mass is 307 g/mol. The Labute approximate surface area is 114 Å². The van der Waals surface area contributed by atoms with Crippen LogP contribution in [0.5, 0.6) is 0 Å². The van der Waals surface area contributed by atoms with Crippen LogP contribution in [-0.4, -0.2) is 17.1 Å². The molecule has 1 aromatic heterocycles. The van der Waals surface area contributed by atoms with Gasteiger partial charge >= 0.3 is 6.03 Å². The second kappa shape index (κ2) is 5.35. The van der Waals surface area contributed by atoms with Gasteiger partial charge in [0.25, 0.3) is 0 Å². The molecule has 18 heavy (non-hydrogen) atoms. The minimum absolute atomic E-state index is 0.0991. The van der Waals surface area contributed by atoms with Gasteiger partial charge in [-0.2, -0.15) is 0 Å². The number of carbonyl (C=O) groups is 1. The number of urea groups is 1. The second-order valence-corrected chi connectivity index (χ2v) is 5.20. The lowest BCUT2D eigenvalue weighted by atomic mass is 10.2. The molecular formula is C13H14BrN3O. The van der Waals surface area contributed by atoms with Crippen molar-refractivity contribution in [2.24, 2.45) is 0 Å². The number of rotatable bonds is 2. The SMILES string of the molecule is CC(C)NC(=O)Nc1cccc2cc(Br)cnc12. The zero-order chi connectivity index (χ0) is 13.1. The molecule has 0 spiro atoms. The van der Waals surface area contributed by atoms with E-state index >= 15 is 0 Å². The largest absolute Gasteiger partial charge is 0.336 e. The van der Waals surface area contributed by atoms with Gasteiger partial charge in [-0.05, 0) is 41.9 Å². The van der Waals surface area contributed by atoms with Crippen LogP contribution in [0.3, 0.4) is 0 Å². The molecule has 0 radical (unpaired) electrons. The molecule has 0 bridgehead atoms. The Balaban J connectivity index is 2.31. The maximum Gasteiger partial charge on any atom is 0.319 e. The first kappa shape index (κ1) is 12.8. The highest BCUT2D eigenvalue weighted by Gasteiger charge is 2.07. The smallest absolute Gasteiger partial charge is 0.319 e. The third-order valence-electron chi connectivity index (χ3n) is 2.35. The Morgan fingerprint density at radius 2 is 2.17 bits per heavy atom. The van der Waals surface area contributed by atoms with Crippen molar-refractivity contribution in [1.29, 1.82) is 0 Å². The summed E-state index contributed by atoms with van der Waals surface area (Å²) in [6.45, 7) is 3.83. The Hall–Kier alpha value is -1.62. The maximum absolute atomic E-state index is 11.7. The van der Waals surface area contributed by atoms with Crippen LogP contribution in [-0.2, 0) is 0 Å². The van der Waals surface area contributed by atoms with Gasteiger partial charge in [-0.25, -0.2) is 4.79 Å². The highest BCUT2D eigenvalue weighted by atomic mass is 79.9. The molecule has 0 saturated heterocycles. The Bertz CT molecular complexity index is 583. The zero-order valence-corrected chi connectivity index (χ0v) is 11.8. The summed E-state index contributed by atoms with van der Waals surface area (Å²) in [5.74, 6) is 0. The molecule has 0 unspecified atom stereocenters. The molecule has 4 nitrogen and oxygen atoms in total. The van der Waals surface area contributed by atoms with E-state index in [-0.39, 0.29) is 12.1 Å². The number of carbonyl (C=O) groups excluding carboxylic acids is 1. The van der Waals surface area contributed by atoms with E-state index in [2.05, 4.69) is 31.5 Å². The molecule has 2 aromatic rings. The van der Waals surface area contributed by atoms with Crippen molar-refractivity contribution < 1.29 is 4.79 Å². The van der Waals surface area contributed by atoms with Crippen molar-refractivity contribution in [1.82, 2.24) is 10.3 Å². The van der Waals surface area contributed by atoms with E-state index in [0.717, 1.165) is 15.4 Å². The third-order valence-corrected chi connectivity index (χ3v) is 2.78. The highest BCUT2D eigenvalue weighted by Crippen LogP contribution is 2.23. The Morgan fingerprint density at radius 1 is 1.39 bits per heavy atom. The van der Waals surface area contributed by atoms with Crippen molar-refractivity contribution >= 4 is 38.6 Å². The summed E-state index contributed by atoms with van der Waals surface area (Å²) in [5, 5.41) is 6.57. The number of para-hydroxylation sites is 1. The van der Waals surface area contributed by atoms with Crippen LogP contribution < -0.4 is 10.6 Å². The van der Waals surface area contributed by atoms with Gasteiger partial charge < -0.3 is 10.6 Å². The summed E-state index contributed by atoms with van der Waals surface area (Å²) < 4.78 is 0.916. The molecule has 1 aromatic carbocycles. The van der Waals surface area contributed by atoms with Gasteiger partial charge in [0.2, 0.25) is 0 Å². The van der Waals surface area contributed by atoms with E-state index < -0.39 is 0 Å². The van der Waals surface area contributed by atoms with Gasteiger partial charge in [-0.15, -0.1) is 0 Å². The third kappa shape index (κ3) is 2.98. The van der Waals surface area contributed by atoms with Crippen LogP contribution >= 0.6 is 15.9 Å². The van der Waals surface area contributed by atoms with Crippen molar-refractivity contribution in [3.63, 3.8) is 0 Å². The van der Waals surface area contributed by atoms with Gasteiger partial charge in [-0.3, -0.25) is 4.98 Å². The van der Waals surface area contributed by atoms with Crippen LogP contribution in [0, 0.1) is 0 Å². The summed E-state index contributed by atoms with van der Waals surface area (Å²) in [6.07, 6.45) is 1.72. The summed E-state index contributed by atoms with van der Waals surface area (Å²) >= 11 is 3.38. The molecular weight excluding hydrogens is 294 g/mol. The quantitative estimate of drug-likeness (QED) is 0.892. The lowest BCUT2D eigenvalue weighted by Crippen LogP contribution is -2.34. The van der Waals surface area contributed by atoms with Gasteiger partial charge in [0.05, 0.1) is 11.2 Å². The van der Waals surface area contributed by atoms with Crippen LogP contribution in [0.15, 0.2) is 34.9 Å². The molecule has 2 amide bonds. The highest BCUT2D eigenvalue weighted by molar-refractivity contribution is 9.10. The summed E-state index contributed by atoms with van der Waals surface area (Å²) in [4.78, 5) is 16.0. The topological polar surface area (TPSA) is 54.0 Å².